The SMILES string of the molecule is COc1cc2c(cc1OC)=C(O)C(C)NN=2. The van der Waals surface area contributed by atoms with E-state index in [2.05, 4.69) is 10.5 Å². The third-order valence-electron chi connectivity index (χ3n) is 2.57. The van der Waals surface area contributed by atoms with Gasteiger partial charge in [-0.1, -0.05) is 0 Å². The standard InChI is InChI=1S/C11H14N2O3/c1-6-11(14)7-4-9(15-2)10(16-3)5-8(7)13-12-6/h4-6,12,14H,1-3H3. The summed E-state index contributed by atoms with van der Waals surface area (Å²) in [5, 5.41) is 15.4. The van der Waals surface area contributed by atoms with E-state index >= 15 is 0 Å². The molecule has 1 aliphatic rings. The number of fused-ring (bicyclic) bond motifs is 1. The minimum Gasteiger partial charge on any atom is -0.509 e. The second-order valence-corrected chi connectivity index (χ2v) is 3.57. The molecule has 1 unspecified atom stereocenters. The maximum atomic E-state index is 9.91. The van der Waals surface area contributed by atoms with Gasteiger partial charge in [-0.15, -0.1) is 0 Å². The highest BCUT2D eigenvalue weighted by molar-refractivity contribution is 5.48. The van der Waals surface area contributed by atoms with E-state index in [0.717, 1.165) is 0 Å². The van der Waals surface area contributed by atoms with Crippen LogP contribution in [0.4, 0.5) is 0 Å². The van der Waals surface area contributed by atoms with Crippen molar-refractivity contribution in [1.82, 2.24) is 5.43 Å². The molecule has 1 aliphatic heterocycles. The molecule has 5 nitrogen and oxygen atoms in total. The van der Waals surface area contributed by atoms with E-state index in [1.807, 2.05) is 6.92 Å². The molecule has 0 radical (unpaired) electrons. The molecule has 0 saturated heterocycles. The van der Waals surface area contributed by atoms with E-state index in [1.165, 1.54) is 0 Å². The number of aliphatic hydroxyl groups excluding tert-OH is 1. The van der Waals surface area contributed by atoms with Crippen LogP contribution in [0.3, 0.4) is 0 Å². The highest BCUT2D eigenvalue weighted by atomic mass is 16.5. The largest absolute Gasteiger partial charge is 0.509 e. The summed E-state index contributed by atoms with van der Waals surface area (Å²) in [4.78, 5) is 0. The molecule has 0 fully saturated rings. The second kappa shape index (κ2) is 3.92. The van der Waals surface area contributed by atoms with Crippen LogP contribution in [0.15, 0.2) is 17.2 Å². The average Bonchev–Trinajstić information content (AvgIpc) is 2.32. The van der Waals surface area contributed by atoms with Crippen molar-refractivity contribution in [2.75, 3.05) is 14.2 Å². The molecule has 1 aromatic rings. The summed E-state index contributed by atoms with van der Waals surface area (Å²) in [6, 6.07) is 3.26. The predicted molar refractivity (Wildman–Crippen MR) is 59.0 cm³/mol. The van der Waals surface area contributed by atoms with E-state index in [9.17, 15) is 5.11 Å². The average molecular weight is 222 g/mol. The smallest absolute Gasteiger partial charge is 0.162 e. The molecular formula is C11H14N2O3. The summed E-state index contributed by atoms with van der Waals surface area (Å²) in [6.45, 7) is 1.83. The zero-order valence-electron chi connectivity index (χ0n) is 9.44. The minimum absolute atomic E-state index is 0.189. The Hall–Kier alpha value is -1.91. The first-order valence-corrected chi connectivity index (χ1v) is 4.95. The first kappa shape index (κ1) is 10.6. The lowest BCUT2D eigenvalue weighted by Crippen LogP contribution is -2.41. The van der Waals surface area contributed by atoms with Gasteiger partial charge < -0.3 is 14.6 Å². The molecule has 2 N–H and O–H groups in total. The number of methoxy groups -OCH3 is 2. The lowest BCUT2D eigenvalue weighted by atomic mass is 10.1. The normalized spacial score (nSPS) is 18.2. The van der Waals surface area contributed by atoms with Crippen LogP contribution < -0.4 is 25.5 Å². The third-order valence-corrected chi connectivity index (χ3v) is 2.57. The Morgan fingerprint density at radius 1 is 1.25 bits per heavy atom. The number of benzene rings is 1. The fourth-order valence-corrected chi connectivity index (χ4v) is 1.63. The topological polar surface area (TPSA) is 63.1 Å². The summed E-state index contributed by atoms with van der Waals surface area (Å²) in [7, 11) is 3.12. The van der Waals surface area contributed by atoms with Gasteiger partial charge in [0.05, 0.1) is 25.6 Å². The fraction of sp³-hybridized carbons (Fsp3) is 0.364. The van der Waals surface area contributed by atoms with Crippen LogP contribution in [0.5, 0.6) is 11.5 Å². The van der Waals surface area contributed by atoms with Crippen molar-refractivity contribution in [3.8, 4) is 11.5 Å². The Morgan fingerprint density at radius 2 is 1.88 bits per heavy atom. The molecule has 0 aromatic heterocycles. The van der Waals surface area contributed by atoms with E-state index in [1.54, 1.807) is 26.4 Å². The van der Waals surface area contributed by atoms with E-state index in [0.29, 0.717) is 22.1 Å². The summed E-state index contributed by atoms with van der Waals surface area (Å²) in [5.41, 5.74) is 2.82. The first-order chi connectivity index (χ1) is 7.67. The molecule has 5 heteroatoms. The van der Waals surface area contributed by atoms with Crippen LogP contribution in [0.1, 0.15) is 6.92 Å². The molecule has 1 heterocycles. The number of nitrogens with one attached hydrogen (secondary N) is 1. The second-order valence-electron chi connectivity index (χ2n) is 3.57. The molecule has 0 aliphatic carbocycles. The molecule has 16 heavy (non-hydrogen) atoms. The van der Waals surface area contributed by atoms with Crippen molar-refractivity contribution >= 4 is 5.76 Å². The molecule has 1 atom stereocenters. The van der Waals surface area contributed by atoms with Gasteiger partial charge in [-0.2, -0.15) is 5.10 Å². The summed E-state index contributed by atoms with van der Waals surface area (Å²) in [5.74, 6) is 1.43. The van der Waals surface area contributed by atoms with Gasteiger partial charge in [-0.05, 0) is 13.0 Å². The Balaban J connectivity index is 2.76. The van der Waals surface area contributed by atoms with Crippen molar-refractivity contribution in [1.29, 1.82) is 0 Å². The molecule has 0 spiro atoms. The fourth-order valence-electron chi connectivity index (χ4n) is 1.63. The Labute approximate surface area is 93.0 Å². The summed E-state index contributed by atoms with van der Waals surface area (Å²) < 4.78 is 10.3. The van der Waals surface area contributed by atoms with Gasteiger partial charge in [-0.3, -0.25) is 5.43 Å². The zero-order valence-corrected chi connectivity index (χ0v) is 9.44. The first-order valence-electron chi connectivity index (χ1n) is 4.95. The van der Waals surface area contributed by atoms with Crippen molar-refractivity contribution in [2.24, 2.45) is 5.10 Å². The summed E-state index contributed by atoms with van der Waals surface area (Å²) in [6.07, 6.45) is 0. The lowest BCUT2D eigenvalue weighted by Gasteiger charge is -2.16. The van der Waals surface area contributed by atoms with Crippen LogP contribution in [-0.2, 0) is 0 Å². The van der Waals surface area contributed by atoms with Gasteiger partial charge in [0.1, 0.15) is 5.76 Å². The zero-order chi connectivity index (χ0) is 11.7. The van der Waals surface area contributed by atoms with Crippen LogP contribution in [0, 0.1) is 0 Å². The van der Waals surface area contributed by atoms with Crippen molar-refractivity contribution in [3.63, 3.8) is 0 Å². The van der Waals surface area contributed by atoms with Crippen LogP contribution in [0.2, 0.25) is 0 Å². The number of ether oxygens (including phenoxy) is 2. The van der Waals surface area contributed by atoms with Gasteiger partial charge in [-0.25, -0.2) is 0 Å². The monoisotopic (exact) mass is 222 g/mol. The minimum atomic E-state index is -0.189. The maximum absolute atomic E-state index is 9.91. The van der Waals surface area contributed by atoms with Crippen LogP contribution >= 0.6 is 0 Å². The Kier molecular flexibility index (Phi) is 2.60. The number of hydrogen-bond donors (Lipinski definition) is 2. The molecule has 86 valence electrons. The maximum Gasteiger partial charge on any atom is 0.162 e. The molecular weight excluding hydrogens is 208 g/mol. The van der Waals surface area contributed by atoms with Gasteiger partial charge in [0.2, 0.25) is 0 Å². The van der Waals surface area contributed by atoms with Gasteiger partial charge >= 0.3 is 0 Å². The van der Waals surface area contributed by atoms with E-state index < -0.39 is 0 Å². The van der Waals surface area contributed by atoms with Crippen molar-refractivity contribution < 1.29 is 14.6 Å². The molecule has 1 aromatic carbocycles. The van der Waals surface area contributed by atoms with E-state index in [-0.39, 0.29) is 11.8 Å². The number of nitrogens with zero attached hydrogens (tertiary/aromatic N) is 1. The highest BCUT2D eigenvalue weighted by Gasteiger charge is 2.14. The summed E-state index contributed by atoms with van der Waals surface area (Å²) >= 11 is 0. The molecule has 0 saturated carbocycles. The highest BCUT2D eigenvalue weighted by Crippen LogP contribution is 2.22. The predicted octanol–water partition coefficient (Wildman–Crippen LogP) is -0.104. The molecule has 0 bridgehead atoms. The number of hydrogen-bond acceptors (Lipinski definition) is 5. The Bertz CT molecular complexity index is 525. The number of aliphatic hydroxyl groups is 1. The molecule has 0 amide bonds. The lowest BCUT2D eigenvalue weighted by molar-refractivity contribution is 0.352. The van der Waals surface area contributed by atoms with Crippen molar-refractivity contribution in [2.45, 2.75) is 13.0 Å². The van der Waals surface area contributed by atoms with Crippen molar-refractivity contribution in [3.05, 3.63) is 22.7 Å². The third kappa shape index (κ3) is 1.54. The molecule has 2 rings (SSSR count). The van der Waals surface area contributed by atoms with Gasteiger partial charge in [0, 0.05) is 11.3 Å². The van der Waals surface area contributed by atoms with Gasteiger partial charge in [0.15, 0.2) is 11.5 Å². The quantitative estimate of drug-likeness (QED) is 0.733. The van der Waals surface area contributed by atoms with Crippen LogP contribution in [-0.4, -0.2) is 25.4 Å². The van der Waals surface area contributed by atoms with Gasteiger partial charge in [0.25, 0.3) is 0 Å². The number of rotatable bonds is 2. The van der Waals surface area contributed by atoms with Crippen LogP contribution in [0.25, 0.3) is 5.76 Å². The van der Waals surface area contributed by atoms with E-state index in [4.69, 9.17) is 9.47 Å². The Morgan fingerprint density at radius 3 is 2.50 bits per heavy atom.